The van der Waals surface area contributed by atoms with Gasteiger partial charge in [-0.3, -0.25) is 0 Å². The van der Waals surface area contributed by atoms with Crippen molar-refractivity contribution in [1.29, 1.82) is 0 Å². The minimum absolute atomic E-state index is 0.366. The number of anilines is 1. The number of nitrogens with zero attached hydrogens (tertiary/aromatic N) is 2. The molecular weight excluding hydrogens is 262 g/mol. The molecule has 2 atom stereocenters. The van der Waals surface area contributed by atoms with Crippen LogP contribution >= 0.6 is 11.6 Å². The molecule has 5 heteroatoms. The molecule has 19 heavy (non-hydrogen) atoms. The van der Waals surface area contributed by atoms with Crippen molar-refractivity contribution in [3.8, 4) is 5.88 Å². The number of ether oxygens (including phenoxy) is 1. The van der Waals surface area contributed by atoms with Crippen molar-refractivity contribution in [2.24, 2.45) is 0 Å². The molecule has 1 aliphatic rings. The second-order valence-electron chi connectivity index (χ2n) is 4.57. The van der Waals surface area contributed by atoms with Crippen LogP contribution in [0.4, 0.5) is 5.95 Å². The molecule has 1 saturated carbocycles. The van der Waals surface area contributed by atoms with Crippen molar-refractivity contribution in [3.05, 3.63) is 47.1 Å². The van der Waals surface area contributed by atoms with Crippen LogP contribution in [0.25, 0.3) is 0 Å². The molecule has 1 heterocycles. The Hall–Kier alpha value is -1.81. The number of aromatic nitrogens is 2. The number of hydrogen-bond acceptors (Lipinski definition) is 4. The zero-order valence-electron chi connectivity index (χ0n) is 10.5. The molecule has 0 saturated heterocycles. The minimum Gasteiger partial charge on any atom is -0.481 e. The van der Waals surface area contributed by atoms with E-state index in [-0.39, 0.29) is 0 Å². The van der Waals surface area contributed by atoms with E-state index < -0.39 is 0 Å². The van der Waals surface area contributed by atoms with Gasteiger partial charge in [0.05, 0.1) is 7.11 Å². The summed E-state index contributed by atoms with van der Waals surface area (Å²) in [4.78, 5) is 8.43. The van der Waals surface area contributed by atoms with E-state index in [1.807, 2.05) is 18.2 Å². The van der Waals surface area contributed by atoms with Crippen LogP contribution in [0.5, 0.6) is 5.88 Å². The lowest BCUT2D eigenvalue weighted by Gasteiger charge is -2.05. The molecule has 0 radical (unpaired) electrons. The summed E-state index contributed by atoms with van der Waals surface area (Å²) >= 11 is 6.00. The normalized spacial score (nSPS) is 20.9. The lowest BCUT2D eigenvalue weighted by atomic mass is 10.1. The topological polar surface area (TPSA) is 47.0 Å². The van der Waals surface area contributed by atoms with Crippen molar-refractivity contribution >= 4 is 17.5 Å². The van der Waals surface area contributed by atoms with E-state index in [0.29, 0.717) is 23.8 Å². The van der Waals surface area contributed by atoms with E-state index in [1.54, 1.807) is 19.4 Å². The van der Waals surface area contributed by atoms with E-state index in [4.69, 9.17) is 16.3 Å². The maximum Gasteiger partial charge on any atom is 0.226 e. The van der Waals surface area contributed by atoms with Crippen molar-refractivity contribution in [2.45, 2.75) is 18.4 Å². The summed E-state index contributed by atoms with van der Waals surface area (Å²) in [6.45, 7) is 0. The molecule has 4 nitrogen and oxygen atoms in total. The predicted molar refractivity (Wildman–Crippen MR) is 74.8 cm³/mol. The fourth-order valence-electron chi connectivity index (χ4n) is 2.15. The molecule has 1 N–H and O–H groups in total. The number of nitrogens with one attached hydrogen (secondary N) is 1. The first-order valence-corrected chi connectivity index (χ1v) is 6.53. The number of hydrogen-bond donors (Lipinski definition) is 1. The largest absolute Gasteiger partial charge is 0.481 e. The lowest BCUT2D eigenvalue weighted by Crippen LogP contribution is -2.07. The predicted octanol–water partition coefficient (Wildman–Crippen LogP) is 3.11. The van der Waals surface area contributed by atoms with E-state index in [1.165, 1.54) is 5.56 Å². The molecule has 3 rings (SSSR count). The first kappa shape index (κ1) is 12.2. The Morgan fingerprint density at radius 2 is 2.26 bits per heavy atom. The van der Waals surface area contributed by atoms with E-state index >= 15 is 0 Å². The molecule has 0 bridgehead atoms. The van der Waals surface area contributed by atoms with Crippen molar-refractivity contribution in [2.75, 3.05) is 12.4 Å². The third kappa shape index (κ3) is 2.79. The quantitative estimate of drug-likeness (QED) is 0.931. The summed E-state index contributed by atoms with van der Waals surface area (Å²) in [5.74, 6) is 1.65. The first-order chi connectivity index (χ1) is 9.26. The molecule has 2 aromatic rings. The van der Waals surface area contributed by atoms with Gasteiger partial charge in [0, 0.05) is 29.2 Å². The van der Waals surface area contributed by atoms with Gasteiger partial charge in [0.1, 0.15) is 0 Å². The number of halogens is 1. The molecule has 2 unspecified atom stereocenters. The lowest BCUT2D eigenvalue weighted by molar-refractivity contribution is 0.397. The van der Waals surface area contributed by atoms with Gasteiger partial charge in [-0.15, -0.1) is 0 Å². The van der Waals surface area contributed by atoms with E-state index in [9.17, 15) is 0 Å². The zero-order valence-corrected chi connectivity index (χ0v) is 11.3. The Balaban J connectivity index is 1.67. The molecule has 1 aromatic heterocycles. The Labute approximate surface area is 116 Å². The molecule has 0 amide bonds. The fourth-order valence-corrected chi connectivity index (χ4v) is 2.35. The first-order valence-electron chi connectivity index (χ1n) is 6.15. The summed E-state index contributed by atoms with van der Waals surface area (Å²) in [5, 5.41) is 4.09. The van der Waals surface area contributed by atoms with Gasteiger partial charge in [-0.25, -0.2) is 4.98 Å². The molecule has 1 fully saturated rings. The van der Waals surface area contributed by atoms with Crippen molar-refractivity contribution in [3.63, 3.8) is 0 Å². The molecular formula is C14H14ClN3O. The van der Waals surface area contributed by atoms with Crippen LogP contribution in [0.15, 0.2) is 36.5 Å². The molecule has 98 valence electrons. The average molecular weight is 276 g/mol. The van der Waals surface area contributed by atoms with Gasteiger partial charge < -0.3 is 10.1 Å². The zero-order chi connectivity index (χ0) is 13.2. The van der Waals surface area contributed by atoms with Gasteiger partial charge in [0.25, 0.3) is 0 Å². The van der Waals surface area contributed by atoms with E-state index in [2.05, 4.69) is 21.4 Å². The highest BCUT2D eigenvalue weighted by atomic mass is 35.5. The van der Waals surface area contributed by atoms with Gasteiger partial charge >= 0.3 is 0 Å². The van der Waals surface area contributed by atoms with Crippen molar-refractivity contribution < 1.29 is 4.74 Å². The molecule has 0 spiro atoms. The maximum absolute atomic E-state index is 6.00. The maximum atomic E-state index is 6.00. The Kier molecular flexibility index (Phi) is 3.25. The van der Waals surface area contributed by atoms with Crippen molar-refractivity contribution in [1.82, 2.24) is 9.97 Å². The molecule has 0 aliphatic heterocycles. The number of benzene rings is 1. The summed E-state index contributed by atoms with van der Waals surface area (Å²) in [6.07, 6.45) is 2.76. The Bertz CT molecular complexity index is 590. The van der Waals surface area contributed by atoms with Gasteiger partial charge in [0.2, 0.25) is 11.8 Å². The monoisotopic (exact) mass is 275 g/mol. The highest BCUT2D eigenvalue weighted by Gasteiger charge is 2.38. The van der Waals surface area contributed by atoms with Crippen LogP contribution in [0.2, 0.25) is 5.02 Å². The Morgan fingerprint density at radius 3 is 3.05 bits per heavy atom. The van der Waals surface area contributed by atoms with Gasteiger partial charge in [-0.1, -0.05) is 23.7 Å². The van der Waals surface area contributed by atoms with E-state index in [0.717, 1.165) is 11.4 Å². The van der Waals surface area contributed by atoms with Crippen LogP contribution in [0.1, 0.15) is 17.9 Å². The van der Waals surface area contributed by atoms with Crippen LogP contribution < -0.4 is 10.1 Å². The van der Waals surface area contributed by atoms with Gasteiger partial charge in [-0.2, -0.15) is 4.98 Å². The van der Waals surface area contributed by atoms with Crippen LogP contribution in [-0.4, -0.2) is 23.1 Å². The molecule has 1 aromatic carbocycles. The molecule has 1 aliphatic carbocycles. The van der Waals surface area contributed by atoms with Crippen LogP contribution in [0, 0.1) is 0 Å². The third-order valence-electron chi connectivity index (χ3n) is 3.22. The Morgan fingerprint density at radius 1 is 1.37 bits per heavy atom. The minimum atomic E-state index is 0.366. The number of rotatable bonds is 4. The van der Waals surface area contributed by atoms with Gasteiger partial charge in [0.15, 0.2) is 0 Å². The third-order valence-corrected chi connectivity index (χ3v) is 3.46. The summed E-state index contributed by atoms with van der Waals surface area (Å²) in [7, 11) is 1.60. The summed E-state index contributed by atoms with van der Waals surface area (Å²) < 4.78 is 5.08. The second-order valence-corrected chi connectivity index (χ2v) is 5.01. The van der Waals surface area contributed by atoms with Gasteiger partial charge in [-0.05, 0) is 24.1 Å². The average Bonchev–Trinajstić information content (AvgIpc) is 3.18. The summed E-state index contributed by atoms with van der Waals surface area (Å²) in [6, 6.07) is 10.1. The second kappa shape index (κ2) is 5.05. The fraction of sp³-hybridized carbons (Fsp3) is 0.286. The van der Waals surface area contributed by atoms with Crippen LogP contribution in [-0.2, 0) is 0 Å². The van der Waals surface area contributed by atoms with Crippen LogP contribution in [0.3, 0.4) is 0 Å². The smallest absolute Gasteiger partial charge is 0.226 e. The number of methoxy groups -OCH3 is 1. The standard InChI is InChI=1S/C14H14ClN3O/c1-19-13-5-6-16-14(18-13)17-12-8-11(12)9-3-2-4-10(15)7-9/h2-7,11-12H,8H2,1H3,(H,16,17,18). The SMILES string of the molecule is COc1ccnc(NC2CC2c2cccc(Cl)c2)n1. The highest BCUT2D eigenvalue weighted by molar-refractivity contribution is 6.30. The highest BCUT2D eigenvalue weighted by Crippen LogP contribution is 2.43. The summed E-state index contributed by atoms with van der Waals surface area (Å²) in [5.41, 5.74) is 1.26.